The van der Waals surface area contributed by atoms with E-state index in [4.69, 9.17) is 4.74 Å². The van der Waals surface area contributed by atoms with Crippen LogP contribution in [0.25, 0.3) is 0 Å². The summed E-state index contributed by atoms with van der Waals surface area (Å²) in [7, 11) is 0. The van der Waals surface area contributed by atoms with E-state index < -0.39 is 5.60 Å². The molecule has 2 atom stereocenters. The molecule has 1 aromatic heterocycles. The number of carbonyl (C=O) groups is 1. The van der Waals surface area contributed by atoms with Gasteiger partial charge in [-0.1, -0.05) is 13.3 Å². The number of carbonyl (C=O) groups excluding carboxylic acids is 1. The maximum absolute atomic E-state index is 11.8. The van der Waals surface area contributed by atoms with E-state index in [1.807, 2.05) is 32.1 Å². The SMILES string of the molecule is CCCC(CNC(=O)OC(C)(C)C)NC(C)c1ccc(C)s1. The number of hydrogen-bond donors (Lipinski definition) is 2. The number of amides is 1. The Morgan fingerprint density at radius 1 is 1.36 bits per heavy atom. The van der Waals surface area contributed by atoms with Gasteiger partial charge < -0.3 is 15.4 Å². The molecular formula is C17H30N2O2S. The molecule has 0 saturated carbocycles. The van der Waals surface area contributed by atoms with E-state index in [-0.39, 0.29) is 18.2 Å². The molecule has 1 rings (SSSR count). The molecule has 0 fully saturated rings. The third-order valence-corrected chi connectivity index (χ3v) is 4.39. The zero-order chi connectivity index (χ0) is 16.8. The fraction of sp³-hybridized carbons (Fsp3) is 0.706. The van der Waals surface area contributed by atoms with Gasteiger partial charge >= 0.3 is 6.09 Å². The van der Waals surface area contributed by atoms with E-state index in [1.165, 1.54) is 9.75 Å². The number of rotatable bonds is 7. The molecule has 0 spiro atoms. The maximum Gasteiger partial charge on any atom is 0.407 e. The van der Waals surface area contributed by atoms with Gasteiger partial charge in [0, 0.05) is 28.4 Å². The van der Waals surface area contributed by atoms with Crippen LogP contribution >= 0.6 is 11.3 Å². The van der Waals surface area contributed by atoms with Crippen LogP contribution in [-0.2, 0) is 4.74 Å². The predicted molar refractivity (Wildman–Crippen MR) is 93.5 cm³/mol. The Morgan fingerprint density at radius 2 is 2.05 bits per heavy atom. The minimum atomic E-state index is -0.459. The second kappa shape index (κ2) is 8.53. The van der Waals surface area contributed by atoms with Crippen LogP contribution in [-0.4, -0.2) is 24.3 Å². The topological polar surface area (TPSA) is 50.4 Å². The lowest BCUT2D eigenvalue weighted by Gasteiger charge is -2.24. The molecule has 1 aromatic rings. The average molecular weight is 327 g/mol. The second-order valence-corrected chi connectivity index (χ2v) is 8.02. The Kier molecular flexibility index (Phi) is 7.36. The van der Waals surface area contributed by atoms with E-state index in [0.717, 1.165) is 12.8 Å². The monoisotopic (exact) mass is 326 g/mol. The van der Waals surface area contributed by atoms with Crippen molar-refractivity contribution in [2.45, 2.75) is 72.1 Å². The van der Waals surface area contributed by atoms with Crippen LogP contribution in [0, 0.1) is 6.92 Å². The molecule has 126 valence electrons. The Hall–Kier alpha value is -1.07. The van der Waals surface area contributed by atoms with Crippen molar-refractivity contribution in [3.63, 3.8) is 0 Å². The summed E-state index contributed by atoms with van der Waals surface area (Å²) in [6.45, 7) is 12.6. The van der Waals surface area contributed by atoms with Gasteiger partial charge in [-0.05, 0) is 53.2 Å². The molecule has 0 aliphatic rings. The lowest BCUT2D eigenvalue weighted by molar-refractivity contribution is 0.0521. The summed E-state index contributed by atoms with van der Waals surface area (Å²) in [4.78, 5) is 14.4. The van der Waals surface area contributed by atoms with E-state index in [0.29, 0.717) is 6.54 Å². The molecular weight excluding hydrogens is 296 g/mol. The molecule has 0 bridgehead atoms. The highest BCUT2D eigenvalue weighted by molar-refractivity contribution is 7.12. The van der Waals surface area contributed by atoms with Crippen molar-refractivity contribution < 1.29 is 9.53 Å². The first-order chi connectivity index (χ1) is 10.2. The quantitative estimate of drug-likeness (QED) is 0.781. The van der Waals surface area contributed by atoms with Crippen LogP contribution in [0.4, 0.5) is 4.79 Å². The highest BCUT2D eigenvalue weighted by atomic mass is 32.1. The van der Waals surface area contributed by atoms with Gasteiger partial charge in [0.05, 0.1) is 0 Å². The minimum Gasteiger partial charge on any atom is -0.444 e. The molecule has 0 radical (unpaired) electrons. The Morgan fingerprint density at radius 3 is 2.55 bits per heavy atom. The highest BCUT2D eigenvalue weighted by Gasteiger charge is 2.18. The van der Waals surface area contributed by atoms with Crippen LogP contribution in [0.15, 0.2) is 12.1 Å². The summed E-state index contributed by atoms with van der Waals surface area (Å²) in [5.41, 5.74) is -0.459. The fourth-order valence-corrected chi connectivity index (χ4v) is 3.12. The van der Waals surface area contributed by atoms with Crippen molar-refractivity contribution in [2.24, 2.45) is 0 Å². The number of ether oxygens (including phenoxy) is 1. The largest absolute Gasteiger partial charge is 0.444 e. The van der Waals surface area contributed by atoms with Crippen molar-refractivity contribution in [3.8, 4) is 0 Å². The van der Waals surface area contributed by atoms with Crippen LogP contribution < -0.4 is 10.6 Å². The maximum atomic E-state index is 11.8. The van der Waals surface area contributed by atoms with Crippen LogP contribution in [0.1, 0.15) is 63.3 Å². The normalized spacial score (nSPS) is 14.5. The van der Waals surface area contributed by atoms with E-state index in [9.17, 15) is 4.79 Å². The van der Waals surface area contributed by atoms with Crippen LogP contribution in [0.2, 0.25) is 0 Å². The third-order valence-electron chi connectivity index (χ3n) is 3.20. The summed E-state index contributed by atoms with van der Waals surface area (Å²) in [6, 6.07) is 4.85. The molecule has 0 aliphatic heterocycles. The third kappa shape index (κ3) is 7.27. The molecule has 1 heterocycles. The average Bonchev–Trinajstić information content (AvgIpc) is 2.81. The van der Waals surface area contributed by atoms with E-state index >= 15 is 0 Å². The van der Waals surface area contributed by atoms with Crippen LogP contribution in [0.5, 0.6) is 0 Å². The van der Waals surface area contributed by atoms with Gasteiger partial charge in [0.1, 0.15) is 5.60 Å². The summed E-state index contributed by atoms with van der Waals surface area (Å²) in [6.07, 6.45) is 1.74. The lowest BCUT2D eigenvalue weighted by atomic mass is 10.1. The standard InChI is InChI=1S/C17H30N2O2S/c1-7-8-14(11-18-16(20)21-17(4,5)6)19-13(3)15-10-9-12(2)22-15/h9-10,13-14,19H,7-8,11H2,1-6H3,(H,18,20). The smallest absolute Gasteiger partial charge is 0.407 e. The van der Waals surface area contributed by atoms with Gasteiger partial charge in [-0.15, -0.1) is 11.3 Å². The molecule has 4 nitrogen and oxygen atoms in total. The molecule has 5 heteroatoms. The summed E-state index contributed by atoms with van der Waals surface area (Å²) >= 11 is 1.81. The van der Waals surface area contributed by atoms with Crippen LogP contribution in [0.3, 0.4) is 0 Å². The van der Waals surface area contributed by atoms with Gasteiger partial charge in [-0.2, -0.15) is 0 Å². The molecule has 1 amide bonds. The van der Waals surface area contributed by atoms with Crippen molar-refractivity contribution in [1.29, 1.82) is 0 Å². The van der Waals surface area contributed by atoms with Gasteiger partial charge in [-0.3, -0.25) is 0 Å². The molecule has 2 N–H and O–H groups in total. The van der Waals surface area contributed by atoms with Crippen molar-refractivity contribution in [1.82, 2.24) is 10.6 Å². The number of alkyl carbamates (subject to hydrolysis) is 1. The summed E-state index contributed by atoms with van der Waals surface area (Å²) in [5.74, 6) is 0. The van der Waals surface area contributed by atoms with Crippen molar-refractivity contribution >= 4 is 17.4 Å². The number of aryl methyl sites for hydroxylation is 1. The van der Waals surface area contributed by atoms with Gasteiger partial charge in [0.15, 0.2) is 0 Å². The first-order valence-corrected chi connectivity index (χ1v) is 8.82. The van der Waals surface area contributed by atoms with Crippen molar-refractivity contribution in [2.75, 3.05) is 6.54 Å². The van der Waals surface area contributed by atoms with Gasteiger partial charge in [-0.25, -0.2) is 4.79 Å². The zero-order valence-corrected chi connectivity index (χ0v) is 15.5. The van der Waals surface area contributed by atoms with Gasteiger partial charge in [0.2, 0.25) is 0 Å². The molecule has 0 saturated heterocycles. The Balaban J connectivity index is 2.49. The Labute approximate surface area is 138 Å². The number of thiophene rings is 1. The summed E-state index contributed by atoms with van der Waals surface area (Å²) < 4.78 is 5.28. The molecule has 0 aromatic carbocycles. The fourth-order valence-electron chi connectivity index (χ4n) is 2.24. The summed E-state index contributed by atoms with van der Waals surface area (Å²) in [5, 5.41) is 6.47. The number of hydrogen-bond acceptors (Lipinski definition) is 4. The first-order valence-electron chi connectivity index (χ1n) is 8.00. The second-order valence-electron chi connectivity index (χ2n) is 6.71. The van der Waals surface area contributed by atoms with E-state index in [1.54, 1.807) is 0 Å². The zero-order valence-electron chi connectivity index (χ0n) is 14.7. The first kappa shape index (κ1) is 19.0. The molecule has 22 heavy (non-hydrogen) atoms. The Bertz CT molecular complexity index is 465. The highest BCUT2D eigenvalue weighted by Crippen LogP contribution is 2.23. The molecule has 0 aliphatic carbocycles. The van der Waals surface area contributed by atoms with E-state index in [2.05, 4.69) is 43.5 Å². The molecule has 2 unspecified atom stereocenters. The predicted octanol–water partition coefficient (Wildman–Crippen LogP) is 4.40. The number of nitrogens with one attached hydrogen (secondary N) is 2. The minimum absolute atomic E-state index is 0.245. The van der Waals surface area contributed by atoms with Gasteiger partial charge in [0.25, 0.3) is 0 Å². The lowest BCUT2D eigenvalue weighted by Crippen LogP contribution is -2.43. The van der Waals surface area contributed by atoms with Crippen molar-refractivity contribution in [3.05, 3.63) is 21.9 Å².